The highest BCUT2D eigenvalue weighted by atomic mass is 16.2. The minimum absolute atomic E-state index is 0.211. The molecule has 0 spiro atoms. The van der Waals surface area contributed by atoms with Gasteiger partial charge in [0.1, 0.15) is 0 Å². The van der Waals surface area contributed by atoms with Crippen molar-refractivity contribution in [3.05, 3.63) is 70.8 Å². The molecule has 0 heterocycles. The van der Waals surface area contributed by atoms with E-state index in [4.69, 9.17) is 0 Å². The summed E-state index contributed by atoms with van der Waals surface area (Å²) in [5, 5.41) is 3.23. The summed E-state index contributed by atoms with van der Waals surface area (Å²) in [6.07, 6.45) is 6.33. The first kappa shape index (κ1) is 17.7. The summed E-state index contributed by atoms with van der Waals surface area (Å²) in [6, 6.07) is 17.1. The zero-order valence-electron chi connectivity index (χ0n) is 15.5. The number of aryl methyl sites for hydroxylation is 2. The molecule has 0 saturated heterocycles. The first-order chi connectivity index (χ1) is 12.1. The molecule has 0 aliphatic heterocycles. The summed E-state index contributed by atoms with van der Waals surface area (Å²) in [7, 11) is 0. The van der Waals surface area contributed by atoms with Crippen molar-refractivity contribution in [2.45, 2.75) is 57.8 Å². The molecule has 132 valence electrons. The third kappa shape index (κ3) is 4.12. The first-order valence-electron chi connectivity index (χ1n) is 9.51. The average molecular weight is 335 g/mol. The van der Waals surface area contributed by atoms with Gasteiger partial charge in [-0.15, -0.1) is 0 Å². The van der Waals surface area contributed by atoms with Crippen molar-refractivity contribution < 1.29 is 4.79 Å². The lowest BCUT2D eigenvalue weighted by atomic mass is 9.68. The highest BCUT2D eigenvalue weighted by Gasteiger charge is 2.40. The standard InChI is InChI=1S/C23H29NO/c1-18-6-10-20(11-7-18)14-17-24-22(25)23(15-4-3-5-16-23)21-12-8-19(2)9-13-21/h6-13H,3-5,14-17H2,1-2H3,(H,24,25). The highest BCUT2D eigenvalue weighted by Crippen LogP contribution is 2.39. The van der Waals surface area contributed by atoms with E-state index >= 15 is 0 Å². The van der Waals surface area contributed by atoms with Crippen molar-refractivity contribution in [2.24, 2.45) is 0 Å². The molecular weight excluding hydrogens is 306 g/mol. The van der Waals surface area contributed by atoms with Gasteiger partial charge in [0.25, 0.3) is 0 Å². The van der Waals surface area contributed by atoms with E-state index in [1.54, 1.807) is 0 Å². The van der Waals surface area contributed by atoms with Crippen LogP contribution in [0.3, 0.4) is 0 Å². The second-order valence-electron chi connectivity index (χ2n) is 7.50. The smallest absolute Gasteiger partial charge is 0.230 e. The molecule has 1 fully saturated rings. The van der Waals surface area contributed by atoms with E-state index in [2.05, 4.69) is 67.7 Å². The van der Waals surface area contributed by atoms with Crippen LogP contribution in [-0.2, 0) is 16.6 Å². The zero-order valence-corrected chi connectivity index (χ0v) is 15.5. The molecule has 1 amide bonds. The van der Waals surface area contributed by atoms with E-state index < -0.39 is 0 Å². The fraction of sp³-hybridized carbons (Fsp3) is 0.435. The van der Waals surface area contributed by atoms with Gasteiger partial charge in [-0.3, -0.25) is 4.79 Å². The van der Waals surface area contributed by atoms with Crippen molar-refractivity contribution in [3.63, 3.8) is 0 Å². The predicted molar refractivity (Wildman–Crippen MR) is 104 cm³/mol. The third-order valence-electron chi connectivity index (χ3n) is 5.57. The van der Waals surface area contributed by atoms with Crippen LogP contribution < -0.4 is 5.32 Å². The molecule has 1 saturated carbocycles. The van der Waals surface area contributed by atoms with Gasteiger partial charge in [-0.05, 0) is 44.2 Å². The molecule has 1 N–H and O–H groups in total. The number of rotatable bonds is 5. The number of amides is 1. The van der Waals surface area contributed by atoms with Gasteiger partial charge in [0.2, 0.25) is 5.91 Å². The number of hydrogen-bond acceptors (Lipinski definition) is 1. The third-order valence-corrected chi connectivity index (χ3v) is 5.57. The first-order valence-corrected chi connectivity index (χ1v) is 9.51. The van der Waals surface area contributed by atoms with Crippen LogP contribution in [0, 0.1) is 13.8 Å². The molecular formula is C23H29NO. The number of nitrogens with one attached hydrogen (secondary N) is 1. The molecule has 1 aliphatic carbocycles. The van der Waals surface area contributed by atoms with E-state index in [1.165, 1.54) is 28.7 Å². The summed E-state index contributed by atoms with van der Waals surface area (Å²) in [6.45, 7) is 4.90. The van der Waals surface area contributed by atoms with Gasteiger partial charge in [-0.2, -0.15) is 0 Å². The molecule has 0 aromatic heterocycles. The van der Waals surface area contributed by atoms with Gasteiger partial charge in [-0.25, -0.2) is 0 Å². The number of hydrogen-bond donors (Lipinski definition) is 1. The maximum atomic E-state index is 13.1. The molecule has 2 aromatic carbocycles. The Kier molecular flexibility index (Phi) is 5.57. The lowest BCUT2D eigenvalue weighted by Crippen LogP contribution is -2.46. The number of carbonyl (C=O) groups is 1. The van der Waals surface area contributed by atoms with Gasteiger partial charge < -0.3 is 5.32 Å². The fourth-order valence-electron chi connectivity index (χ4n) is 3.92. The molecule has 2 nitrogen and oxygen atoms in total. The summed E-state index contributed by atoms with van der Waals surface area (Å²) in [5.41, 5.74) is 4.64. The van der Waals surface area contributed by atoms with Crippen LogP contribution in [0.15, 0.2) is 48.5 Å². The summed E-state index contributed by atoms with van der Waals surface area (Å²) in [4.78, 5) is 13.1. The van der Waals surface area contributed by atoms with Crippen molar-refractivity contribution in [2.75, 3.05) is 6.54 Å². The summed E-state index contributed by atoms with van der Waals surface area (Å²) < 4.78 is 0. The molecule has 0 atom stereocenters. The van der Waals surface area contributed by atoms with Crippen LogP contribution in [0.25, 0.3) is 0 Å². The molecule has 2 heteroatoms. The van der Waals surface area contributed by atoms with Crippen LogP contribution in [0.1, 0.15) is 54.4 Å². The van der Waals surface area contributed by atoms with E-state index in [0.29, 0.717) is 6.54 Å². The number of carbonyl (C=O) groups excluding carboxylic acids is 1. The predicted octanol–water partition coefficient (Wildman–Crippen LogP) is 4.86. The Hall–Kier alpha value is -2.09. The second kappa shape index (κ2) is 7.86. The van der Waals surface area contributed by atoms with E-state index in [0.717, 1.165) is 32.1 Å². The monoisotopic (exact) mass is 335 g/mol. The average Bonchev–Trinajstić information content (AvgIpc) is 2.64. The van der Waals surface area contributed by atoms with E-state index in [9.17, 15) is 4.79 Å². The van der Waals surface area contributed by atoms with Crippen molar-refractivity contribution in [1.29, 1.82) is 0 Å². The van der Waals surface area contributed by atoms with Crippen LogP contribution in [-0.4, -0.2) is 12.5 Å². The maximum absolute atomic E-state index is 13.1. The largest absolute Gasteiger partial charge is 0.355 e. The SMILES string of the molecule is Cc1ccc(CCNC(=O)C2(c3ccc(C)cc3)CCCCC2)cc1. The van der Waals surface area contributed by atoms with Crippen LogP contribution >= 0.6 is 0 Å². The van der Waals surface area contributed by atoms with Crippen LogP contribution in [0.4, 0.5) is 0 Å². The minimum atomic E-state index is -0.334. The Morgan fingerprint density at radius 1 is 0.880 bits per heavy atom. The molecule has 2 aromatic rings. The van der Waals surface area contributed by atoms with Crippen molar-refractivity contribution >= 4 is 5.91 Å². The highest BCUT2D eigenvalue weighted by molar-refractivity contribution is 5.88. The van der Waals surface area contributed by atoms with E-state index in [1.807, 2.05) is 0 Å². The number of benzene rings is 2. The van der Waals surface area contributed by atoms with Gasteiger partial charge in [0.05, 0.1) is 5.41 Å². The van der Waals surface area contributed by atoms with Gasteiger partial charge >= 0.3 is 0 Å². The molecule has 3 rings (SSSR count). The summed E-state index contributed by atoms with van der Waals surface area (Å²) in [5.74, 6) is 0.211. The molecule has 25 heavy (non-hydrogen) atoms. The Morgan fingerprint density at radius 2 is 1.44 bits per heavy atom. The quantitative estimate of drug-likeness (QED) is 0.830. The normalized spacial score (nSPS) is 16.4. The van der Waals surface area contributed by atoms with Gasteiger partial charge in [-0.1, -0.05) is 78.9 Å². The molecule has 0 radical (unpaired) electrons. The van der Waals surface area contributed by atoms with Crippen LogP contribution in [0.5, 0.6) is 0 Å². The minimum Gasteiger partial charge on any atom is -0.355 e. The zero-order chi connectivity index (χ0) is 17.7. The Balaban J connectivity index is 1.69. The second-order valence-corrected chi connectivity index (χ2v) is 7.50. The summed E-state index contributed by atoms with van der Waals surface area (Å²) >= 11 is 0. The lowest BCUT2D eigenvalue weighted by molar-refractivity contribution is -0.128. The van der Waals surface area contributed by atoms with Crippen molar-refractivity contribution in [3.8, 4) is 0 Å². The van der Waals surface area contributed by atoms with Gasteiger partial charge in [0.15, 0.2) is 0 Å². The Bertz CT molecular complexity index is 694. The van der Waals surface area contributed by atoms with E-state index in [-0.39, 0.29) is 11.3 Å². The maximum Gasteiger partial charge on any atom is 0.230 e. The van der Waals surface area contributed by atoms with Crippen LogP contribution in [0.2, 0.25) is 0 Å². The Morgan fingerprint density at radius 3 is 2.04 bits per heavy atom. The fourth-order valence-corrected chi connectivity index (χ4v) is 3.92. The molecule has 0 unspecified atom stereocenters. The van der Waals surface area contributed by atoms with Gasteiger partial charge in [0, 0.05) is 6.54 Å². The molecule has 0 bridgehead atoms. The molecule has 1 aliphatic rings. The van der Waals surface area contributed by atoms with Crippen molar-refractivity contribution in [1.82, 2.24) is 5.32 Å². The lowest BCUT2D eigenvalue weighted by Gasteiger charge is -2.36. The Labute approximate surface area is 151 Å². The topological polar surface area (TPSA) is 29.1 Å².